The van der Waals surface area contributed by atoms with Gasteiger partial charge in [-0.3, -0.25) is 0 Å². The molecule has 0 saturated carbocycles. The van der Waals surface area contributed by atoms with Crippen molar-refractivity contribution in [3.63, 3.8) is 0 Å². The lowest BCUT2D eigenvalue weighted by atomic mass is 11.5. The van der Waals surface area contributed by atoms with Gasteiger partial charge in [-0.15, -0.1) is 0 Å². The molecule has 1 aromatic rings. The summed E-state index contributed by atoms with van der Waals surface area (Å²) in [6.45, 7) is 0. The number of nitrogen functional groups attached to an aromatic ring is 1. The van der Waals surface area contributed by atoms with E-state index in [1.165, 1.54) is 0 Å². The predicted molar refractivity (Wildman–Crippen MR) is 30.5 cm³/mol. The molecule has 0 aliphatic carbocycles. The molecule has 0 saturated heterocycles. The fraction of sp³-hybridized carbons (Fsp3) is 0. The SMILES string of the molecule is N[c-]1[pH]c(=[NH2+])[pH]1. The lowest BCUT2D eigenvalue weighted by molar-refractivity contribution is -0.161. The van der Waals surface area contributed by atoms with E-state index in [1.807, 2.05) is 0 Å². The maximum Gasteiger partial charge on any atom is 0.124 e. The standard InChI is InChI=1S/C2H5N2P2/c3-1-5-2(4)6-1/h3,5-6H,4H2/q-1/p+1. The van der Waals surface area contributed by atoms with E-state index in [1.54, 1.807) is 0 Å². The van der Waals surface area contributed by atoms with E-state index in [0.717, 1.165) is 9.97 Å². The molecule has 0 aliphatic rings. The minimum atomic E-state index is 0.670. The van der Waals surface area contributed by atoms with Crippen molar-refractivity contribution in [2.75, 3.05) is 5.73 Å². The van der Waals surface area contributed by atoms with Crippen LogP contribution in [0.25, 0.3) is 0 Å². The summed E-state index contributed by atoms with van der Waals surface area (Å²) in [6, 6.07) is 0. The van der Waals surface area contributed by atoms with Crippen LogP contribution in [-0.4, -0.2) is 0 Å². The number of anilines is 1. The van der Waals surface area contributed by atoms with Crippen molar-refractivity contribution < 1.29 is 5.41 Å². The van der Waals surface area contributed by atoms with Gasteiger partial charge in [0.25, 0.3) is 0 Å². The van der Waals surface area contributed by atoms with Gasteiger partial charge in [-0.1, -0.05) is 0 Å². The van der Waals surface area contributed by atoms with E-state index in [0.29, 0.717) is 16.4 Å². The summed E-state index contributed by atoms with van der Waals surface area (Å²) >= 11 is 0. The quantitative estimate of drug-likeness (QED) is 0.411. The molecule has 0 aliphatic heterocycles. The molecular formula is C2H6N2P2. The smallest absolute Gasteiger partial charge is 0.124 e. The maximum atomic E-state index is 5.31. The van der Waals surface area contributed by atoms with Gasteiger partial charge < -0.3 is 11.1 Å². The van der Waals surface area contributed by atoms with E-state index >= 15 is 0 Å². The van der Waals surface area contributed by atoms with Gasteiger partial charge in [0, 0.05) is 0 Å². The largest absolute Gasteiger partial charge is 0.348 e. The Morgan fingerprint density at radius 2 is 2.17 bits per heavy atom. The Bertz CT molecular complexity index is 153. The molecule has 6 heavy (non-hydrogen) atoms. The van der Waals surface area contributed by atoms with Crippen LogP contribution in [0, 0.1) is 0 Å². The van der Waals surface area contributed by atoms with Crippen LogP contribution in [0.2, 0.25) is 0 Å². The molecule has 1 rings (SSSR count). The van der Waals surface area contributed by atoms with Crippen molar-refractivity contribution in [1.82, 2.24) is 0 Å². The Hall–Kier alpha value is 0.1000. The van der Waals surface area contributed by atoms with Crippen molar-refractivity contribution in [3.8, 4) is 0 Å². The zero-order valence-corrected chi connectivity index (χ0v) is 5.15. The summed E-state index contributed by atoms with van der Waals surface area (Å²) < 4.78 is 0. The van der Waals surface area contributed by atoms with Crippen molar-refractivity contribution in [2.45, 2.75) is 0 Å². The Labute approximate surface area is 38.4 Å². The van der Waals surface area contributed by atoms with Crippen LogP contribution in [0.4, 0.5) is 5.15 Å². The first-order chi connectivity index (χ1) is 2.79. The average Bonchev–Trinajstić information content (AvgIpc) is 1.33. The minimum Gasteiger partial charge on any atom is -0.348 e. The number of hydrogen-bond donors (Lipinski definition) is 2. The second-order valence-electron chi connectivity index (χ2n) is 1.08. The minimum absolute atomic E-state index is 0.670. The van der Waals surface area contributed by atoms with Crippen LogP contribution in [0.3, 0.4) is 0 Å². The van der Waals surface area contributed by atoms with Crippen LogP contribution in [0.15, 0.2) is 0 Å². The molecule has 0 amide bonds. The normalized spacial score (nSPS) is 12.2. The van der Waals surface area contributed by atoms with Crippen molar-refractivity contribution in [1.29, 1.82) is 0 Å². The third-order valence-corrected chi connectivity index (χ3v) is 3.12. The van der Waals surface area contributed by atoms with Crippen molar-refractivity contribution >= 4 is 21.5 Å². The second kappa shape index (κ2) is 1.31. The highest BCUT2D eigenvalue weighted by Gasteiger charge is 1.78. The Morgan fingerprint density at radius 3 is 2.17 bits per heavy atom. The lowest BCUT2D eigenvalue weighted by Crippen LogP contribution is -2.41. The number of nitrogens with two attached hydrogens (primary N) is 2. The molecule has 0 fully saturated rings. The molecule has 34 valence electrons. The summed E-state index contributed by atoms with van der Waals surface area (Å²) in [5.41, 5.74) is 5.31. The monoisotopic (exact) mass is 120 g/mol. The highest BCUT2D eigenvalue weighted by molar-refractivity contribution is 7.62. The summed E-state index contributed by atoms with van der Waals surface area (Å²) in [5, 5.41) is 6.39. The average molecular weight is 120 g/mol. The maximum absolute atomic E-state index is 5.31. The van der Waals surface area contributed by atoms with E-state index < -0.39 is 0 Å². The molecule has 2 nitrogen and oxygen atoms in total. The van der Waals surface area contributed by atoms with Gasteiger partial charge in [0.1, 0.15) is 4.82 Å². The van der Waals surface area contributed by atoms with Gasteiger partial charge in [-0.25, -0.2) is 0 Å². The van der Waals surface area contributed by atoms with Crippen LogP contribution in [-0.2, 0) is 0 Å². The zero-order chi connectivity index (χ0) is 4.57. The first-order valence-corrected chi connectivity index (χ1v) is 3.58. The Morgan fingerprint density at radius 1 is 1.67 bits per heavy atom. The van der Waals surface area contributed by atoms with E-state index in [4.69, 9.17) is 11.1 Å². The highest BCUT2D eigenvalue weighted by Crippen LogP contribution is 2.23. The van der Waals surface area contributed by atoms with Gasteiger partial charge in [0.15, 0.2) is 0 Å². The summed E-state index contributed by atoms with van der Waals surface area (Å²) in [6.07, 6.45) is 0. The van der Waals surface area contributed by atoms with Gasteiger partial charge in [0.05, 0.1) is 0 Å². The van der Waals surface area contributed by atoms with Crippen LogP contribution >= 0.6 is 16.4 Å². The molecule has 0 aromatic carbocycles. The van der Waals surface area contributed by atoms with Gasteiger partial charge in [0.2, 0.25) is 0 Å². The highest BCUT2D eigenvalue weighted by atomic mass is 31.1. The fourth-order valence-corrected chi connectivity index (χ4v) is 2.11. The number of rotatable bonds is 0. The lowest BCUT2D eigenvalue weighted by Gasteiger charge is -1.95. The molecule has 4 N–H and O–H groups in total. The van der Waals surface area contributed by atoms with Crippen molar-refractivity contribution in [2.24, 2.45) is 0 Å². The van der Waals surface area contributed by atoms with Crippen LogP contribution in [0.5, 0.6) is 0 Å². The molecule has 0 spiro atoms. The van der Waals surface area contributed by atoms with Crippen LogP contribution in [0.1, 0.15) is 0 Å². The van der Waals surface area contributed by atoms with E-state index in [-0.39, 0.29) is 0 Å². The zero-order valence-electron chi connectivity index (χ0n) is 3.15. The summed E-state index contributed by atoms with van der Waals surface area (Å²) in [5.74, 6) is 0. The first-order valence-electron chi connectivity index (χ1n) is 1.58. The molecular weight excluding hydrogens is 114 g/mol. The Balaban J connectivity index is 3.06. The van der Waals surface area contributed by atoms with Gasteiger partial charge in [-0.2, -0.15) is 16.4 Å². The molecule has 4 heteroatoms. The molecule has 0 radical (unpaired) electrons. The third kappa shape index (κ3) is 0.601. The molecule has 0 bridgehead atoms. The summed E-state index contributed by atoms with van der Waals surface area (Å²) in [7, 11) is 1.34. The van der Waals surface area contributed by atoms with E-state index in [2.05, 4.69) is 0 Å². The number of hydrogen-bond acceptors (Lipinski definition) is 1. The fourth-order valence-electron chi connectivity index (χ4n) is 0.290. The van der Waals surface area contributed by atoms with Gasteiger partial charge in [-0.05, 0) is 5.15 Å². The van der Waals surface area contributed by atoms with E-state index in [9.17, 15) is 0 Å². The molecule has 1 heterocycles. The summed E-state index contributed by atoms with van der Waals surface area (Å²) in [4.78, 5) is 1.08. The van der Waals surface area contributed by atoms with Gasteiger partial charge >= 0.3 is 0 Å². The molecule has 1 aromatic heterocycles. The molecule has 2 unspecified atom stereocenters. The predicted octanol–water partition coefficient (Wildman–Crippen LogP) is -1.29. The second-order valence-corrected chi connectivity index (χ2v) is 4.73. The third-order valence-electron chi connectivity index (χ3n) is 0.539. The Kier molecular flexibility index (Phi) is 0.929. The first kappa shape index (κ1) is 4.26. The van der Waals surface area contributed by atoms with Crippen LogP contribution < -0.4 is 16.0 Å². The van der Waals surface area contributed by atoms with Crippen molar-refractivity contribution in [3.05, 3.63) is 4.82 Å². The topological polar surface area (TPSA) is 51.6 Å². The molecule has 2 atom stereocenters.